The van der Waals surface area contributed by atoms with Gasteiger partial charge in [0.25, 0.3) is 5.92 Å². The largest absolute Gasteiger partial charge is 0.466 e. The number of benzene rings is 1. The summed E-state index contributed by atoms with van der Waals surface area (Å²) in [5, 5.41) is 19.1. The Labute approximate surface area is 231 Å². The lowest BCUT2D eigenvalue weighted by Crippen LogP contribution is -2.58. The zero-order chi connectivity index (χ0) is 29.5. The predicted octanol–water partition coefficient (Wildman–Crippen LogP) is 4.94. The number of amides is 1. The number of ether oxygens (including phenoxy) is 1. The summed E-state index contributed by atoms with van der Waals surface area (Å²) in [6.07, 6.45) is 0.579. The third-order valence-electron chi connectivity index (χ3n) is 8.03. The van der Waals surface area contributed by atoms with E-state index in [0.29, 0.717) is 22.4 Å². The molecule has 1 amide bonds. The quantitative estimate of drug-likeness (QED) is 0.480. The van der Waals surface area contributed by atoms with Gasteiger partial charge in [0.2, 0.25) is 10.0 Å². The van der Waals surface area contributed by atoms with Crippen molar-refractivity contribution in [1.29, 1.82) is 5.26 Å². The first-order valence-corrected chi connectivity index (χ1v) is 14.2. The maximum Gasteiger partial charge on any atom is 0.421 e. The van der Waals surface area contributed by atoms with Crippen LogP contribution in [0.4, 0.5) is 13.6 Å². The van der Waals surface area contributed by atoms with E-state index in [4.69, 9.17) is 4.74 Å². The minimum atomic E-state index is -4.89. The van der Waals surface area contributed by atoms with Gasteiger partial charge in [0, 0.05) is 35.6 Å². The number of esters is 1. The lowest BCUT2D eigenvalue weighted by atomic mass is 9.61. The van der Waals surface area contributed by atoms with Gasteiger partial charge in [-0.25, -0.2) is 26.3 Å². The van der Waals surface area contributed by atoms with E-state index in [1.54, 1.807) is 36.4 Å². The molecule has 5 atom stereocenters. The predicted molar refractivity (Wildman–Crippen MR) is 141 cm³/mol. The summed E-state index contributed by atoms with van der Waals surface area (Å²) in [5.74, 6) is -8.15. The first-order valence-electron chi connectivity index (χ1n) is 12.7. The lowest BCUT2D eigenvalue weighted by molar-refractivity contribution is -0.151. The highest BCUT2D eigenvalue weighted by atomic mass is 32.2. The molecule has 1 aromatic carbocycles. The summed E-state index contributed by atoms with van der Waals surface area (Å²) >= 11 is 0. The van der Waals surface area contributed by atoms with Crippen LogP contribution in [0, 0.1) is 29.1 Å². The molecule has 2 heterocycles. The smallest absolute Gasteiger partial charge is 0.421 e. The highest BCUT2D eigenvalue weighted by Crippen LogP contribution is 2.60. The fraction of sp³-hybridized carbons (Fsp3) is 0.429. The van der Waals surface area contributed by atoms with Crippen molar-refractivity contribution in [3.63, 3.8) is 0 Å². The number of aromatic nitrogens is 1. The van der Waals surface area contributed by atoms with Crippen LogP contribution in [0.1, 0.15) is 44.9 Å². The van der Waals surface area contributed by atoms with Crippen LogP contribution >= 0.6 is 0 Å². The Morgan fingerprint density at radius 3 is 2.55 bits per heavy atom. The number of carboxylic acid groups (broad SMARTS) is 1. The molecule has 1 N–H and O–H groups in total. The Kier molecular flexibility index (Phi) is 7.73. The zero-order valence-electron chi connectivity index (χ0n) is 22.1. The minimum absolute atomic E-state index is 0.0888. The maximum absolute atomic E-state index is 15.5. The maximum atomic E-state index is 15.5. The van der Waals surface area contributed by atoms with E-state index in [0.717, 1.165) is 0 Å². The molecule has 1 saturated heterocycles. The number of hydrogen-bond acceptors (Lipinski definition) is 7. The second-order valence-corrected chi connectivity index (χ2v) is 12.3. The zero-order valence-corrected chi connectivity index (χ0v) is 22.9. The summed E-state index contributed by atoms with van der Waals surface area (Å²) in [5.41, 5.74) is 2.20. The molecule has 2 fully saturated rings. The molecule has 40 heavy (non-hydrogen) atoms. The average Bonchev–Trinajstić information content (AvgIpc) is 3.05. The molecular formula is C28H29F2N3O6S. The molecule has 5 unspecified atom stereocenters. The summed E-state index contributed by atoms with van der Waals surface area (Å²) in [4.78, 5) is 29.0. The molecule has 9 nitrogen and oxygen atoms in total. The molecule has 212 valence electrons. The number of fused-ring (bicyclic) bond motifs is 1. The molecule has 1 aliphatic carbocycles. The molecule has 2 aliphatic rings. The van der Waals surface area contributed by atoms with Crippen molar-refractivity contribution in [3.8, 4) is 17.2 Å². The molecule has 0 spiro atoms. The van der Waals surface area contributed by atoms with Crippen LogP contribution in [-0.4, -0.2) is 58.2 Å². The summed E-state index contributed by atoms with van der Waals surface area (Å²) in [6, 6.07) is 11.2. The van der Waals surface area contributed by atoms with E-state index in [1.165, 1.54) is 39.1 Å². The molecular weight excluding hydrogens is 544 g/mol. The number of carbonyl (C=O) groups excluding carboxylic acids is 1. The van der Waals surface area contributed by atoms with E-state index < -0.39 is 69.4 Å². The number of rotatable bonds is 6. The molecule has 0 bridgehead atoms. The van der Waals surface area contributed by atoms with Crippen LogP contribution in [0.2, 0.25) is 0 Å². The van der Waals surface area contributed by atoms with E-state index in [9.17, 15) is 28.4 Å². The van der Waals surface area contributed by atoms with Gasteiger partial charge in [0.05, 0.1) is 36.4 Å². The first kappa shape index (κ1) is 29.1. The number of nitrogens with zero attached hydrogens (tertiary/aromatic N) is 3. The highest BCUT2D eigenvalue weighted by Gasteiger charge is 2.73. The topological polar surface area (TPSA) is 138 Å². The van der Waals surface area contributed by atoms with Gasteiger partial charge < -0.3 is 9.84 Å². The second kappa shape index (κ2) is 10.6. The fourth-order valence-electron chi connectivity index (χ4n) is 6.20. The van der Waals surface area contributed by atoms with Crippen molar-refractivity contribution in [2.45, 2.75) is 50.3 Å². The molecule has 1 aromatic heterocycles. The van der Waals surface area contributed by atoms with Gasteiger partial charge in [-0.15, -0.1) is 0 Å². The monoisotopic (exact) mass is 573 g/mol. The number of carbonyl (C=O) groups is 2. The molecule has 4 rings (SSSR count). The SMILES string of the molecule is CCOC(=O)CC12CC(F)(F)C(C)C(/C=C/c3ccc(-c4ccccc4C#N)cn3)C1C(C)N(C(=O)O)S2(=O)=O. The molecule has 1 saturated carbocycles. The number of sulfonamides is 1. The summed E-state index contributed by atoms with van der Waals surface area (Å²) in [7, 11) is -4.89. The Hall–Kier alpha value is -3.85. The van der Waals surface area contributed by atoms with E-state index in [2.05, 4.69) is 11.1 Å². The number of allylic oxidation sites excluding steroid dienone is 1. The van der Waals surface area contributed by atoms with Gasteiger partial charge >= 0.3 is 12.1 Å². The van der Waals surface area contributed by atoms with Gasteiger partial charge in [-0.05, 0) is 38.0 Å². The Balaban J connectivity index is 1.77. The number of pyridine rings is 1. The van der Waals surface area contributed by atoms with Crippen molar-refractivity contribution in [2.24, 2.45) is 17.8 Å². The first-order chi connectivity index (χ1) is 18.8. The third kappa shape index (κ3) is 4.72. The van der Waals surface area contributed by atoms with Crippen LogP contribution in [0.3, 0.4) is 0 Å². The van der Waals surface area contributed by atoms with E-state index in [-0.39, 0.29) is 10.9 Å². The highest BCUT2D eigenvalue weighted by molar-refractivity contribution is 7.91. The van der Waals surface area contributed by atoms with Crippen LogP contribution in [0.5, 0.6) is 0 Å². The Morgan fingerprint density at radius 2 is 1.95 bits per heavy atom. The number of hydrogen-bond donors (Lipinski definition) is 1. The third-order valence-corrected chi connectivity index (χ3v) is 10.6. The van der Waals surface area contributed by atoms with Gasteiger partial charge in [-0.1, -0.05) is 37.3 Å². The van der Waals surface area contributed by atoms with Crippen molar-refractivity contribution >= 4 is 28.2 Å². The van der Waals surface area contributed by atoms with Crippen LogP contribution in [-0.2, 0) is 19.6 Å². The number of alkyl halides is 2. The van der Waals surface area contributed by atoms with Crippen LogP contribution < -0.4 is 0 Å². The molecule has 12 heteroatoms. The fourth-order valence-corrected chi connectivity index (χ4v) is 8.74. The standard InChI is InChI=1S/C28H29F2N3O6S/c1-4-39-24(34)13-27-16-28(29,30)17(2)22(25(27)18(3)33(26(35)36)40(27,37)38)12-11-21-10-9-20(15-32-21)23-8-6-5-7-19(23)14-31/h5-12,15,17-18,22,25H,4,13,16H2,1-3H3,(H,35,36)/b12-11+. The van der Waals surface area contributed by atoms with E-state index >= 15 is 8.78 Å². The van der Waals surface area contributed by atoms with Crippen LogP contribution in [0.25, 0.3) is 17.2 Å². The normalized spacial score (nSPS) is 28.6. The van der Waals surface area contributed by atoms with Gasteiger partial charge in [-0.3, -0.25) is 9.78 Å². The van der Waals surface area contributed by atoms with E-state index in [1.807, 2.05) is 0 Å². The second-order valence-electron chi connectivity index (χ2n) is 10.2. The van der Waals surface area contributed by atoms with Gasteiger partial charge in [-0.2, -0.15) is 5.26 Å². The van der Waals surface area contributed by atoms with Gasteiger partial charge in [0.1, 0.15) is 4.75 Å². The van der Waals surface area contributed by atoms with Crippen molar-refractivity contribution in [1.82, 2.24) is 9.29 Å². The van der Waals surface area contributed by atoms with Crippen molar-refractivity contribution < 1.29 is 36.6 Å². The Morgan fingerprint density at radius 1 is 1.25 bits per heavy atom. The van der Waals surface area contributed by atoms with Crippen LogP contribution in [0.15, 0.2) is 48.7 Å². The summed E-state index contributed by atoms with van der Waals surface area (Å²) < 4.78 is 61.1. The van der Waals surface area contributed by atoms with Crippen molar-refractivity contribution in [2.75, 3.05) is 6.61 Å². The average molecular weight is 574 g/mol. The number of halogens is 2. The molecule has 2 aromatic rings. The van der Waals surface area contributed by atoms with Gasteiger partial charge in [0.15, 0.2) is 0 Å². The van der Waals surface area contributed by atoms with Crippen molar-refractivity contribution in [3.05, 3.63) is 59.9 Å². The Bertz CT molecular complexity index is 1490. The molecule has 0 radical (unpaired) electrons. The minimum Gasteiger partial charge on any atom is -0.466 e. The summed E-state index contributed by atoms with van der Waals surface area (Å²) in [6.45, 7) is 4.07. The lowest BCUT2D eigenvalue weighted by Gasteiger charge is -2.48. The molecule has 1 aliphatic heterocycles. The number of nitriles is 1.